The van der Waals surface area contributed by atoms with E-state index in [1.54, 1.807) is 31.2 Å². The van der Waals surface area contributed by atoms with Crippen molar-refractivity contribution in [3.8, 4) is 5.75 Å². The van der Waals surface area contributed by atoms with Crippen LogP contribution in [0.3, 0.4) is 0 Å². The number of amides is 2. The van der Waals surface area contributed by atoms with Crippen LogP contribution in [0, 0.1) is 0 Å². The molecule has 0 aliphatic rings. The number of halogens is 2. The maximum absolute atomic E-state index is 12.5. The number of ketones is 1. The SMILES string of the molecule is CC[C@@H](NC(=O)CCS(=O)(=O)Cc1ccccc1OC(F)F)C(=O)C(=O)NCc1ccccc1. The Kier molecular flexibility index (Phi) is 10.1. The first-order chi connectivity index (χ1) is 16.1. The van der Waals surface area contributed by atoms with Crippen molar-refractivity contribution in [1.29, 1.82) is 0 Å². The number of carbonyl (C=O) groups is 3. The van der Waals surface area contributed by atoms with Crippen LogP contribution in [-0.2, 0) is 36.5 Å². The number of para-hydroxylation sites is 1. The lowest BCUT2D eigenvalue weighted by Crippen LogP contribution is -2.47. The molecule has 2 rings (SSSR count). The van der Waals surface area contributed by atoms with E-state index < -0.39 is 58.0 Å². The molecule has 0 spiro atoms. The van der Waals surface area contributed by atoms with E-state index in [1.807, 2.05) is 6.07 Å². The van der Waals surface area contributed by atoms with Gasteiger partial charge in [0, 0.05) is 18.5 Å². The summed E-state index contributed by atoms with van der Waals surface area (Å²) in [6, 6.07) is 13.3. The molecular formula is C23H26F2N2O6S. The van der Waals surface area contributed by atoms with Crippen molar-refractivity contribution in [2.45, 2.75) is 44.7 Å². The summed E-state index contributed by atoms with van der Waals surface area (Å²) >= 11 is 0. The second kappa shape index (κ2) is 12.8. The smallest absolute Gasteiger partial charge is 0.387 e. The molecule has 184 valence electrons. The van der Waals surface area contributed by atoms with Gasteiger partial charge in [-0.1, -0.05) is 55.5 Å². The molecule has 0 unspecified atom stereocenters. The van der Waals surface area contributed by atoms with Gasteiger partial charge < -0.3 is 15.4 Å². The van der Waals surface area contributed by atoms with Crippen LogP contribution in [0.15, 0.2) is 54.6 Å². The molecule has 8 nitrogen and oxygen atoms in total. The van der Waals surface area contributed by atoms with Gasteiger partial charge in [0.1, 0.15) is 5.75 Å². The Hall–Kier alpha value is -3.34. The van der Waals surface area contributed by atoms with Crippen molar-refractivity contribution in [3.05, 3.63) is 65.7 Å². The largest absolute Gasteiger partial charge is 0.435 e. The van der Waals surface area contributed by atoms with Crippen molar-refractivity contribution in [2.24, 2.45) is 0 Å². The highest BCUT2D eigenvalue weighted by Crippen LogP contribution is 2.22. The fourth-order valence-electron chi connectivity index (χ4n) is 3.03. The van der Waals surface area contributed by atoms with E-state index >= 15 is 0 Å². The second-order valence-electron chi connectivity index (χ2n) is 7.39. The third-order valence-corrected chi connectivity index (χ3v) is 6.36. The average Bonchev–Trinajstić information content (AvgIpc) is 2.80. The van der Waals surface area contributed by atoms with Crippen LogP contribution in [0.25, 0.3) is 0 Å². The summed E-state index contributed by atoms with van der Waals surface area (Å²) in [6.07, 6.45) is -0.329. The number of rotatable bonds is 13. The van der Waals surface area contributed by atoms with Crippen LogP contribution in [0.2, 0.25) is 0 Å². The molecule has 0 fully saturated rings. The summed E-state index contributed by atoms with van der Waals surface area (Å²) in [5.41, 5.74) is 0.839. The van der Waals surface area contributed by atoms with Crippen molar-refractivity contribution < 1.29 is 36.3 Å². The number of benzene rings is 2. The Balaban J connectivity index is 1.88. The second-order valence-corrected chi connectivity index (χ2v) is 9.57. The van der Waals surface area contributed by atoms with Crippen LogP contribution in [-0.4, -0.2) is 44.4 Å². The van der Waals surface area contributed by atoms with Crippen LogP contribution in [0.5, 0.6) is 5.75 Å². The fraction of sp³-hybridized carbons (Fsp3) is 0.348. The Morgan fingerprint density at radius 1 is 1.00 bits per heavy atom. The molecule has 2 aromatic rings. The number of hydrogen-bond donors (Lipinski definition) is 2. The molecule has 0 aromatic heterocycles. The first-order valence-electron chi connectivity index (χ1n) is 10.5. The minimum atomic E-state index is -3.86. The molecule has 2 amide bonds. The highest BCUT2D eigenvalue weighted by molar-refractivity contribution is 7.90. The number of nitrogens with one attached hydrogen (secondary N) is 2. The van der Waals surface area contributed by atoms with Gasteiger partial charge in [-0.05, 0) is 18.1 Å². The first-order valence-corrected chi connectivity index (χ1v) is 12.3. The van der Waals surface area contributed by atoms with Gasteiger partial charge in [0.2, 0.25) is 11.7 Å². The first kappa shape index (κ1) is 26.9. The van der Waals surface area contributed by atoms with Crippen molar-refractivity contribution in [2.75, 3.05) is 5.75 Å². The van der Waals surface area contributed by atoms with Gasteiger partial charge in [0.25, 0.3) is 5.91 Å². The van der Waals surface area contributed by atoms with E-state index in [9.17, 15) is 31.6 Å². The molecule has 0 bridgehead atoms. The molecule has 0 heterocycles. The Morgan fingerprint density at radius 2 is 1.65 bits per heavy atom. The summed E-state index contributed by atoms with van der Waals surface area (Å²) in [5, 5.41) is 4.87. The summed E-state index contributed by atoms with van der Waals surface area (Å²) in [5.74, 6) is -3.86. The van der Waals surface area contributed by atoms with Gasteiger partial charge >= 0.3 is 6.61 Å². The topological polar surface area (TPSA) is 119 Å². The molecule has 0 radical (unpaired) electrons. The molecule has 34 heavy (non-hydrogen) atoms. The van der Waals surface area contributed by atoms with E-state index in [0.717, 1.165) is 5.56 Å². The summed E-state index contributed by atoms with van der Waals surface area (Å²) in [4.78, 5) is 36.8. The minimum absolute atomic E-state index is 0.0416. The average molecular weight is 497 g/mol. The third kappa shape index (κ3) is 8.89. The summed E-state index contributed by atoms with van der Waals surface area (Å²) in [7, 11) is -3.86. The third-order valence-electron chi connectivity index (χ3n) is 4.78. The fourth-order valence-corrected chi connectivity index (χ4v) is 4.39. The zero-order chi connectivity index (χ0) is 25.1. The van der Waals surface area contributed by atoms with Gasteiger partial charge in [-0.2, -0.15) is 8.78 Å². The molecular weight excluding hydrogens is 470 g/mol. The van der Waals surface area contributed by atoms with E-state index in [4.69, 9.17) is 0 Å². The standard InChI is InChI=1S/C23H26F2N2O6S/c1-2-18(21(29)22(30)26-14-16-8-4-3-5-9-16)27-20(28)12-13-34(31,32)15-17-10-6-7-11-19(17)33-23(24)25/h3-11,18,23H,2,12-15H2,1H3,(H,26,30)(H,27,28)/t18-/m1/s1. The molecule has 0 saturated carbocycles. The van der Waals surface area contributed by atoms with Crippen LogP contribution >= 0.6 is 0 Å². The van der Waals surface area contributed by atoms with Gasteiger partial charge in [0.05, 0.1) is 17.5 Å². The Labute approximate surface area is 196 Å². The number of Topliss-reactive ketones (excluding diaryl/α,β-unsaturated/α-hetero) is 1. The summed E-state index contributed by atoms with van der Waals surface area (Å²) < 4.78 is 54.2. The quantitative estimate of drug-likeness (QED) is 0.411. The molecule has 1 atom stereocenters. The molecule has 11 heteroatoms. The van der Waals surface area contributed by atoms with E-state index in [2.05, 4.69) is 15.4 Å². The van der Waals surface area contributed by atoms with Crippen LogP contribution in [0.1, 0.15) is 30.9 Å². The lowest BCUT2D eigenvalue weighted by atomic mass is 10.1. The molecule has 0 saturated heterocycles. The van der Waals surface area contributed by atoms with Crippen LogP contribution in [0.4, 0.5) is 8.78 Å². The summed E-state index contributed by atoms with van der Waals surface area (Å²) in [6.45, 7) is -1.36. The highest BCUT2D eigenvalue weighted by atomic mass is 32.2. The van der Waals surface area contributed by atoms with Gasteiger partial charge in [-0.25, -0.2) is 8.42 Å². The number of ether oxygens (including phenoxy) is 1. The lowest BCUT2D eigenvalue weighted by molar-refractivity contribution is -0.140. The normalized spacial score (nSPS) is 12.1. The van der Waals surface area contributed by atoms with E-state index in [0.29, 0.717) is 0 Å². The number of carbonyl (C=O) groups excluding carboxylic acids is 3. The Morgan fingerprint density at radius 3 is 2.29 bits per heavy atom. The minimum Gasteiger partial charge on any atom is -0.435 e. The monoisotopic (exact) mass is 496 g/mol. The lowest BCUT2D eigenvalue weighted by Gasteiger charge is -2.16. The van der Waals surface area contributed by atoms with Crippen molar-refractivity contribution in [1.82, 2.24) is 10.6 Å². The number of hydrogen-bond acceptors (Lipinski definition) is 6. The van der Waals surface area contributed by atoms with Crippen molar-refractivity contribution in [3.63, 3.8) is 0 Å². The van der Waals surface area contributed by atoms with Gasteiger partial charge in [-0.3, -0.25) is 14.4 Å². The number of alkyl halides is 2. The predicted octanol–water partition coefficient (Wildman–Crippen LogP) is 2.37. The zero-order valence-electron chi connectivity index (χ0n) is 18.5. The maximum atomic E-state index is 12.5. The Bertz CT molecular complexity index is 1090. The molecule has 2 N–H and O–H groups in total. The van der Waals surface area contributed by atoms with Crippen molar-refractivity contribution >= 4 is 27.4 Å². The predicted molar refractivity (Wildman–Crippen MR) is 121 cm³/mol. The maximum Gasteiger partial charge on any atom is 0.387 e. The molecule has 2 aromatic carbocycles. The molecule has 0 aliphatic heterocycles. The van der Waals surface area contributed by atoms with Crippen LogP contribution < -0.4 is 15.4 Å². The zero-order valence-corrected chi connectivity index (χ0v) is 19.3. The van der Waals surface area contributed by atoms with E-state index in [1.165, 1.54) is 24.3 Å². The van der Waals surface area contributed by atoms with E-state index in [-0.39, 0.29) is 24.3 Å². The van der Waals surface area contributed by atoms with Gasteiger partial charge in [-0.15, -0.1) is 0 Å². The molecule has 0 aliphatic carbocycles. The number of sulfone groups is 1. The van der Waals surface area contributed by atoms with Gasteiger partial charge in [0.15, 0.2) is 9.84 Å². The highest BCUT2D eigenvalue weighted by Gasteiger charge is 2.26.